The summed E-state index contributed by atoms with van der Waals surface area (Å²) in [6.45, 7) is 1.56. The first-order valence-electron chi connectivity index (χ1n) is 7.20. The fourth-order valence-corrected chi connectivity index (χ4v) is 2.25. The summed E-state index contributed by atoms with van der Waals surface area (Å²) in [4.78, 5) is 16.2. The van der Waals surface area contributed by atoms with Gasteiger partial charge in [0, 0.05) is 0 Å². The van der Waals surface area contributed by atoms with Crippen molar-refractivity contribution in [2.75, 3.05) is 11.9 Å². The van der Waals surface area contributed by atoms with E-state index < -0.39 is 0 Å². The number of carbonyl (C=O) groups is 1. The van der Waals surface area contributed by atoms with Crippen LogP contribution in [0.2, 0.25) is 5.02 Å². The smallest absolute Gasteiger partial charge is 0.262 e. The molecule has 0 aliphatic carbocycles. The zero-order chi connectivity index (χ0) is 16.9. The van der Waals surface area contributed by atoms with E-state index in [1.54, 1.807) is 49.4 Å². The number of benzene rings is 2. The minimum atomic E-state index is -0.320. The van der Waals surface area contributed by atoms with E-state index in [1.807, 2.05) is 6.07 Å². The number of nitrogens with zero attached hydrogens (tertiary/aromatic N) is 2. The number of halogens is 1. The molecule has 3 rings (SSSR count). The zero-order valence-electron chi connectivity index (χ0n) is 12.8. The van der Waals surface area contributed by atoms with Gasteiger partial charge in [-0.25, -0.2) is 0 Å². The number of carbonyl (C=O) groups excluding carboxylic acids is 1. The molecule has 0 bridgehead atoms. The highest BCUT2D eigenvalue weighted by Gasteiger charge is 2.14. The van der Waals surface area contributed by atoms with Crippen LogP contribution in [-0.2, 0) is 4.79 Å². The number of hydrogen-bond acceptors (Lipinski definition) is 5. The Morgan fingerprint density at radius 1 is 1.21 bits per heavy atom. The van der Waals surface area contributed by atoms with E-state index >= 15 is 0 Å². The topological polar surface area (TPSA) is 77.2 Å². The molecule has 7 heteroatoms. The first-order chi connectivity index (χ1) is 11.6. The Bertz CT molecular complexity index is 864. The van der Waals surface area contributed by atoms with Gasteiger partial charge in [0.15, 0.2) is 12.4 Å². The summed E-state index contributed by atoms with van der Waals surface area (Å²) >= 11 is 6.01. The molecule has 0 fully saturated rings. The quantitative estimate of drug-likeness (QED) is 0.764. The SMILES string of the molecule is Cc1noc(-c2ccccc2OCC(=O)Nc2ccccc2Cl)n1. The highest BCUT2D eigenvalue weighted by molar-refractivity contribution is 6.33. The molecular formula is C17H14ClN3O3. The van der Waals surface area contributed by atoms with E-state index in [2.05, 4.69) is 15.5 Å². The lowest BCUT2D eigenvalue weighted by atomic mass is 10.2. The van der Waals surface area contributed by atoms with E-state index in [1.165, 1.54) is 0 Å². The Labute approximate surface area is 143 Å². The number of aromatic nitrogens is 2. The van der Waals surface area contributed by atoms with Crippen molar-refractivity contribution in [2.45, 2.75) is 6.92 Å². The molecule has 0 atom stereocenters. The molecule has 24 heavy (non-hydrogen) atoms. The maximum absolute atomic E-state index is 12.0. The highest BCUT2D eigenvalue weighted by atomic mass is 35.5. The molecule has 6 nitrogen and oxygen atoms in total. The largest absolute Gasteiger partial charge is 0.483 e. The van der Waals surface area contributed by atoms with Gasteiger partial charge in [0.1, 0.15) is 5.75 Å². The molecule has 1 heterocycles. The van der Waals surface area contributed by atoms with Crippen molar-refractivity contribution in [3.8, 4) is 17.2 Å². The van der Waals surface area contributed by atoms with Crippen LogP contribution in [0.3, 0.4) is 0 Å². The molecule has 1 amide bonds. The summed E-state index contributed by atoms with van der Waals surface area (Å²) < 4.78 is 10.7. The Morgan fingerprint density at radius 3 is 2.71 bits per heavy atom. The monoisotopic (exact) mass is 343 g/mol. The Kier molecular flexibility index (Phi) is 4.77. The van der Waals surface area contributed by atoms with Crippen LogP contribution in [0.15, 0.2) is 53.1 Å². The predicted molar refractivity (Wildman–Crippen MR) is 90.0 cm³/mol. The van der Waals surface area contributed by atoms with Crippen molar-refractivity contribution >= 4 is 23.2 Å². The van der Waals surface area contributed by atoms with Gasteiger partial charge >= 0.3 is 0 Å². The molecule has 0 radical (unpaired) electrons. The third-order valence-electron chi connectivity index (χ3n) is 3.15. The third kappa shape index (κ3) is 3.72. The van der Waals surface area contributed by atoms with Crippen molar-refractivity contribution in [1.29, 1.82) is 0 Å². The molecule has 0 aliphatic rings. The van der Waals surface area contributed by atoms with Gasteiger partial charge in [-0.2, -0.15) is 4.98 Å². The predicted octanol–water partition coefficient (Wildman–Crippen LogP) is 3.72. The Hall–Kier alpha value is -2.86. The van der Waals surface area contributed by atoms with Gasteiger partial charge < -0.3 is 14.6 Å². The lowest BCUT2D eigenvalue weighted by molar-refractivity contribution is -0.118. The van der Waals surface area contributed by atoms with Gasteiger partial charge in [-0.15, -0.1) is 0 Å². The number of nitrogens with one attached hydrogen (secondary N) is 1. The molecule has 0 saturated heterocycles. The van der Waals surface area contributed by atoms with Crippen LogP contribution >= 0.6 is 11.6 Å². The molecule has 1 aromatic heterocycles. The molecule has 3 aromatic rings. The second-order valence-corrected chi connectivity index (χ2v) is 5.37. The van der Waals surface area contributed by atoms with Crippen LogP contribution in [0.4, 0.5) is 5.69 Å². The summed E-state index contributed by atoms with van der Waals surface area (Å²) in [6, 6.07) is 14.1. The fraction of sp³-hybridized carbons (Fsp3) is 0.118. The van der Waals surface area contributed by atoms with E-state index in [-0.39, 0.29) is 12.5 Å². The van der Waals surface area contributed by atoms with Gasteiger partial charge in [0.2, 0.25) is 0 Å². The lowest BCUT2D eigenvalue weighted by Gasteiger charge is -2.10. The van der Waals surface area contributed by atoms with Crippen molar-refractivity contribution in [2.24, 2.45) is 0 Å². The van der Waals surface area contributed by atoms with Crippen molar-refractivity contribution in [1.82, 2.24) is 10.1 Å². The van der Waals surface area contributed by atoms with Crippen molar-refractivity contribution in [3.63, 3.8) is 0 Å². The number of ether oxygens (including phenoxy) is 1. The fourth-order valence-electron chi connectivity index (χ4n) is 2.07. The van der Waals surface area contributed by atoms with Crippen molar-refractivity contribution < 1.29 is 14.1 Å². The molecule has 2 aromatic carbocycles. The van der Waals surface area contributed by atoms with E-state index in [0.29, 0.717) is 33.7 Å². The number of hydrogen-bond donors (Lipinski definition) is 1. The van der Waals surface area contributed by atoms with Crippen LogP contribution in [0.25, 0.3) is 11.5 Å². The van der Waals surface area contributed by atoms with Crippen LogP contribution in [-0.4, -0.2) is 22.7 Å². The first-order valence-corrected chi connectivity index (χ1v) is 7.58. The molecule has 0 saturated carbocycles. The number of aryl methyl sites for hydroxylation is 1. The van der Waals surface area contributed by atoms with Gasteiger partial charge in [0.05, 0.1) is 16.3 Å². The summed E-state index contributed by atoms with van der Waals surface area (Å²) in [5.74, 6) is 1.03. The maximum atomic E-state index is 12.0. The first kappa shape index (κ1) is 16.0. The van der Waals surface area contributed by atoms with E-state index in [9.17, 15) is 4.79 Å². The average molecular weight is 344 g/mol. The minimum absolute atomic E-state index is 0.171. The molecule has 122 valence electrons. The number of para-hydroxylation sites is 2. The lowest BCUT2D eigenvalue weighted by Crippen LogP contribution is -2.20. The number of anilines is 1. The third-order valence-corrected chi connectivity index (χ3v) is 3.48. The minimum Gasteiger partial charge on any atom is -0.483 e. The molecule has 0 aliphatic heterocycles. The second-order valence-electron chi connectivity index (χ2n) is 4.96. The van der Waals surface area contributed by atoms with Crippen LogP contribution in [0, 0.1) is 6.92 Å². The van der Waals surface area contributed by atoms with Gasteiger partial charge in [-0.1, -0.05) is 41.0 Å². The molecular weight excluding hydrogens is 330 g/mol. The van der Waals surface area contributed by atoms with Crippen molar-refractivity contribution in [3.05, 3.63) is 59.4 Å². The molecule has 1 N–H and O–H groups in total. The zero-order valence-corrected chi connectivity index (χ0v) is 13.6. The summed E-state index contributed by atoms with van der Waals surface area (Å²) in [6.07, 6.45) is 0. The summed E-state index contributed by atoms with van der Waals surface area (Å²) in [5, 5.41) is 6.92. The summed E-state index contributed by atoms with van der Waals surface area (Å²) in [5.41, 5.74) is 1.16. The normalized spacial score (nSPS) is 10.4. The van der Waals surface area contributed by atoms with Crippen LogP contribution < -0.4 is 10.1 Å². The standard InChI is InChI=1S/C17H14ClN3O3/c1-11-19-17(24-21-11)12-6-2-5-9-15(12)23-10-16(22)20-14-8-4-3-7-13(14)18/h2-9H,10H2,1H3,(H,20,22). The van der Waals surface area contributed by atoms with Gasteiger partial charge in [-0.05, 0) is 31.2 Å². The Balaban J connectivity index is 1.69. The number of amides is 1. The highest BCUT2D eigenvalue weighted by Crippen LogP contribution is 2.28. The van der Waals surface area contributed by atoms with Gasteiger partial charge in [0.25, 0.3) is 11.8 Å². The Morgan fingerprint density at radius 2 is 1.96 bits per heavy atom. The number of rotatable bonds is 5. The molecule has 0 unspecified atom stereocenters. The van der Waals surface area contributed by atoms with E-state index in [0.717, 1.165) is 0 Å². The van der Waals surface area contributed by atoms with Gasteiger partial charge in [-0.3, -0.25) is 4.79 Å². The average Bonchev–Trinajstić information content (AvgIpc) is 3.02. The van der Waals surface area contributed by atoms with Crippen LogP contribution in [0.1, 0.15) is 5.82 Å². The molecule has 0 spiro atoms. The summed E-state index contributed by atoms with van der Waals surface area (Å²) in [7, 11) is 0. The van der Waals surface area contributed by atoms with Crippen LogP contribution in [0.5, 0.6) is 5.75 Å². The van der Waals surface area contributed by atoms with E-state index in [4.69, 9.17) is 20.9 Å². The second kappa shape index (κ2) is 7.14. The maximum Gasteiger partial charge on any atom is 0.262 e.